The third-order valence-electron chi connectivity index (χ3n) is 4.78. The summed E-state index contributed by atoms with van der Waals surface area (Å²) in [5.74, 6) is -0.852. The van der Waals surface area contributed by atoms with Crippen LogP contribution in [0.1, 0.15) is 12.5 Å². The predicted octanol–water partition coefficient (Wildman–Crippen LogP) is 5.33. The van der Waals surface area contributed by atoms with Crippen LogP contribution in [0.2, 0.25) is 5.02 Å². The van der Waals surface area contributed by atoms with E-state index in [-0.39, 0.29) is 16.7 Å². The smallest absolute Gasteiger partial charge is 0.309 e. The molecule has 0 amide bonds. The summed E-state index contributed by atoms with van der Waals surface area (Å²) in [5.41, 5.74) is 2.24. The second-order valence-corrected chi connectivity index (χ2v) is 8.33. The number of pyridine rings is 1. The van der Waals surface area contributed by atoms with E-state index in [1.165, 1.54) is 19.4 Å². The Morgan fingerprint density at radius 1 is 1.16 bits per heavy atom. The summed E-state index contributed by atoms with van der Waals surface area (Å²) in [4.78, 5) is 12.0. The Balaban J connectivity index is 1.77. The molecule has 1 atom stereocenters. The van der Waals surface area contributed by atoms with Crippen LogP contribution in [-0.4, -0.2) is 26.3 Å². The van der Waals surface area contributed by atoms with Crippen molar-refractivity contribution < 1.29 is 17.7 Å². The van der Waals surface area contributed by atoms with Crippen LogP contribution in [0.5, 0.6) is 5.88 Å². The van der Waals surface area contributed by atoms with Gasteiger partial charge in [-0.25, -0.2) is 18.6 Å². The van der Waals surface area contributed by atoms with Gasteiger partial charge < -0.3 is 4.74 Å². The second kappa shape index (κ2) is 9.13. The lowest BCUT2D eigenvalue weighted by molar-refractivity contribution is 0.399. The lowest BCUT2D eigenvalue weighted by Gasteiger charge is -2.14. The van der Waals surface area contributed by atoms with Crippen molar-refractivity contribution in [3.63, 3.8) is 0 Å². The molecule has 4 rings (SSSR count). The maximum atomic E-state index is 15.0. The van der Waals surface area contributed by atoms with Gasteiger partial charge in [0.1, 0.15) is 0 Å². The summed E-state index contributed by atoms with van der Waals surface area (Å²) in [5, 5.41) is 0.884. The lowest BCUT2D eigenvalue weighted by atomic mass is 9.99. The highest BCUT2D eigenvalue weighted by atomic mass is 35.5. The number of methoxy groups -OCH3 is 1. The average Bonchev–Trinajstić information content (AvgIpc) is 2.79. The van der Waals surface area contributed by atoms with Crippen molar-refractivity contribution in [2.24, 2.45) is 0 Å². The number of benzene rings is 2. The number of anilines is 1. The molecule has 0 aliphatic heterocycles. The monoisotopic (exact) mass is 474 g/mol. The minimum absolute atomic E-state index is 0.120. The predicted molar refractivity (Wildman–Crippen MR) is 120 cm³/mol. The SMILES string of the molecule is CCc1cc(-c2cc(F)c(NS(=O)c3ccccc3Cl)nc2OC)cc2cnc(F)nc12. The Labute approximate surface area is 190 Å². The highest BCUT2D eigenvalue weighted by Crippen LogP contribution is 2.35. The highest BCUT2D eigenvalue weighted by Gasteiger charge is 2.18. The number of nitrogens with zero attached hydrogens (tertiary/aromatic N) is 3. The van der Waals surface area contributed by atoms with Crippen LogP contribution >= 0.6 is 11.6 Å². The van der Waals surface area contributed by atoms with Gasteiger partial charge in [-0.05, 0) is 47.9 Å². The molecule has 164 valence electrons. The van der Waals surface area contributed by atoms with Crippen LogP contribution in [0.15, 0.2) is 53.6 Å². The standard InChI is InChI=1S/C22H17ClF2N4O2S/c1-3-12-8-13(9-14-11-26-22(25)27-19(12)14)15-10-17(24)20(28-21(15)31-2)29-32(30)18-7-5-4-6-16(18)23/h4-11H,3H2,1-2H3,(H,28,29). The Hall–Kier alpha value is -3.17. The van der Waals surface area contributed by atoms with E-state index in [4.69, 9.17) is 16.3 Å². The minimum Gasteiger partial charge on any atom is -0.480 e. The van der Waals surface area contributed by atoms with Crippen LogP contribution in [-0.2, 0) is 17.4 Å². The van der Waals surface area contributed by atoms with E-state index in [0.717, 1.165) is 5.56 Å². The fourth-order valence-electron chi connectivity index (χ4n) is 3.27. The number of fused-ring (bicyclic) bond motifs is 1. The summed E-state index contributed by atoms with van der Waals surface area (Å²) in [6.07, 6.45) is 1.14. The van der Waals surface area contributed by atoms with Gasteiger partial charge >= 0.3 is 6.08 Å². The van der Waals surface area contributed by atoms with Gasteiger partial charge in [0.05, 0.1) is 22.5 Å². The molecule has 0 bridgehead atoms. The molecule has 0 aliphatic carbocycles. The fraction of sp³-hybridized carbons (Fsp3) is 0.136. The van der Waals surface area contributed by atoms with Crippen molar-refractivity contribution in [2.75, 3.05) is 11.8 Å². The number of nitrogens with one attached hydrogen (secondary N) is 1. The van der Waals surface area contributed by atoms with Gasteiger partial charge in [-0.15, -0.1) is 0 Å². The molecule has 0 fully saturated rings. The molecular formula is C22H17ClF2N4O2S. The summed E-state index contributed by atoms with van der Waals surface area (Å²) in [6, 6.07) is 11.3. The van der Waals surface area contributed by atoms with Crippen LogP contribution in [0.25, 0.3) is 22.0 Å². The molecule has 0 saturated heterocycles. The number of aryl methyl sites for hydroxylation is 1. The number of aromatic nitrogens is 3. The first-order chi connectivity index (χ1) is 15.4. The van der Waals surface area contributed by atoms with Crippen molar-refractivity contribution in [3.8, 4) is 17.0 Å². The van der Waals surface area contributed by atoms with E-state index < -0.39 is 22.9 Å². The van der Waals surface area contributed by atoms with E-state index in [2.05, 4.69) is 19.7 Å². The Kier molecular flexibility index (Phi) is 6.29. The first-order valence-electron chi connectivity index (χ1n) is 9.54. The van der Waals surface area contributed by atoms with Gasteiger partial charge in [-0.2, -0.15) is 9.37 Å². The van der Waals surface area contributed by atoms with Crippen LogP contribution < -0.4 is 9.46 Å². The zero-order valence-corrected chi connectivity index (χ0v) is 18.6. The van der Waals surface area contributed by atoms with Crippen molar-refractivity contribution >= 4 is 39.3 Å². The van der Waals surface area contributed by atoms with Gasteiger partial charge in [0.15, 0.2) is 22.6 Å². The second-order valence-electron chi connectivity index (χ2n) is 6.74. The Morgan fingerprint density at radius 3 is 2.66 bits per heavy atom. The van der Waals surface area contributed by atoms with E-state index in [1.807, 2.05) is 6.92 Å². The molecule has 2 aromatic carbocycles. The lowest BCUT2D eigenvalue weighted by Crippen LogP contribution is -2.09. The summed E-state index contributed by atoms with van der Waals surface area (Å²) in [7, 11) is -0.434. The molecule has 4 aromatic rings. The Morgan fingerprint density at radius 2 is 1.94 bits per heavy atom. The van der Waals surface area contributed by atoms with Crippen molar-refractivity contribution in [2.45, 2.75) is 18.2 Å². The summed E-state index contributed by atoms with van der Waals surface area (Å²) >= 11 is 6.07. The van der Waals surface area contributed by atoms with Gasteiger partial charge in [0, 0.05) is 17.1 Å². The number of halogens is 3. The molecule has 0 aliphatic rings. The number of rotatable bonds is 6. The number of ether oxygens (including phenoxy) is 1. The first-order valence-corrected chi connectivity index (χ1v) is 11.1. The molecule has 2 aromatic heterocycles. The molecular weight excluding hydrogens is 458 g/mol. The van der Waals surface area contributed by atoms with Crippen LogP contribution in [0.3, 0.4) is 0 Å². The van der Waals surface area contributed by atoms with Crippen molar-refractivity contribution in [3.05, 3.63) is 71.1 Å². The van der Waals surface area contributed by atoms with Crippen LogP contribution in [0.4, 0.5) is 14.6 Å². The van der Waals surface area contributed by atoms with E-state index in [0.29, 0.717) is 33.3 Å². The quantitative estimate of drug-likeness (QED) is 0.382. The molecule has 0 spiro atoms. The number of hydrogen-bond donors (Lipinski definition) is 1. The topological polar surface area (TPSA) is 77.0 Å². The van der Waals surface area contributed by atoms with E-state index in [9.17, 15) is 13.0 Å². The van der Waals surface area contributed by atoms with Gasteiger partial charge in [0.2, 0.25) is 5.88 Å². The third kappa shape index (κ3) is 4.26. The first kappa shape index (κ1) is 22.0. The van der Waals surface area contributed by atoms with Gasteiger partial charge in [-0.1, -0.05) is 30.7 Å². The Bertz CT molecular complexity index is 1350. The van der Waals surface area contributed by atoms with Gasteiger partial charge in [-0.3, -0.25) is 4.72 Å². The average molecular weight is 475 g/mol. The molecule has 2 heterocycles. The summed E-state index contributed by atoms with van der Waals surface area (Å²) < 4.78 is 49.0. The highest BCUT2D eigenvalue weighted by molar-refractivity contribution is 7.86. The zero-order valence-electron chi connectivity index (χ0n) is 17.0. The maximum absolute atomic E-state index is 15.0. The van der Waals surface area contributed by atoms with Crippen molar-refractivity contribution in [1.29, 1.82) is 0 Å². The maximum Gasteiger partial charge on any atom is 0.309 e. The van der Waals surface area contributed by atoms with Crippen molar-refractivity contribution in [1.82, 2.24) is 15.0 Å². The molecule has 1 unspecified atom stereocenters. The molecule has 10 heteroatoms. The molecule has 32 heavy (non-hydrogen) atoms. The molecule has 0 radical (unpaired) electrons. The fourth-order valence-corrected chi connectivity index (χ4v) is 4.49. The van der Waals surface area contributed by atoms with Crippen LogP contribution in [0, 0.1) is 11.9 Å². The van der Waals surface area contributed by atoms with Gasteiger partial charge in [0.25, 0.3) is 0 Å². The van der Waals surface area contributed by atoms with E-state index in [1.54, 1.807) is 36.4 Å². The largest absolute Gasteiger partial charge is 0.480 e. The van der Waals surface area contributed by atoms with E-state index >= 15 is 0 Å². The molecule has 1 N–H and O–H groups in total. The summed E-state index contributed by atoms with van der Waals surface area (Å²) in [6.45, 7) is 1.91. The third-order valence-corrected chi connectivity index (χ3v) is 6.36. The normalized spacial score (nSPS) is 12.0. The minimum atomic E-state index is -1.84. The number of hydrogen-bond acceptors (Lipinski definition) is 5. The molecule has 6 nitrogen and oxygen atoms in total. The molecule has 0 saturated carbocycles. The zero-order chi connectivity index (χ0) is 22.8.